The van der Waals surface area contributed by atoms with Gasteiger partial charge in [0.05, 0.1) is 39.9 Å². The van der Waals surface area contributed by atoms with Gasteiger partial charge in [0.1, 0.15) is 13.2 Å². The zero-order chi connectivity index (χ0) is 48.5. The van der Waals surface area contributed by atoms with Crippen molar-refractivity contribution < 1.29 is 32.9 Å². The highest BCUT2D eigenvalue weighted by molar-refractivity contribution is 7.45. The number of unbranched alkanes of at least 4 members (excludes halogenated alkanes) is 32. The number of nitrogens with zero attached hydrogens (tertiary/aromatic N) is 1. The van der Waals surface area contributed by atoms with Gasteiger partial charge in [-0.1, -0.05) is 249 Å². The summed E-state index contributed by atoms with van der Waals surface area (Å²) < 4.78 is 23.3. The van der Waals surface area contributed by atoms with Crippen molar-refractivity contribution in [2.24, 2.45) is 0 Å². The third-order valence-corrected chi connectivity index (χ3v) is 13.5. The second kappa shape index (κ2) is 48.5. The van der Waals surface area contributed by atoms with Crippen molar-refractivity contribution in [1.82, 2.24) is 5.32 Å². The molecule has 0 bridgehead atoms. The van der Waals surface area contributed by atoms with Crippen molar-refractivity contribution in [3.8, 4) is 0 Å². The molecule has 0 aromatic carbocycles. The van der Waals surface area contributed by atoms with E-state index in [9.17, 15) is 19.4 Å². The van der Waals surface area contributed by atoms with Gasteiger partial charge in [-0.25, -0.2) is 0 Å². The number of quaternary nitrogens is 1. The van der Waals surface area contributed by atoms with Gasteiger partial charge in [0.25, 0.3) is 7.82 Å². The molecule has 388 valence electrons. The summed E-state index contributed by atoms with van der Waals surface area (Å²) in [6.07, 6.45) is 63.4. The highest BCUT2D eigenvalue weighted by Crippen LogP contribution is 2.38. The summed E-state index contributed by atoms with van der Waals surface area (Å²) in [5.74, 6) is -0.213. The minimum absolute atomic E-state index is 0.00571. The second-order valence-electron chi connectivity index (χ2n) is 20.3. The number of aliphatic hydroxyl groups is 1. The SMILES string of the molecule is CC/C=C\C/C=C\C/C=C\CCCCCCCC(=O)NC(COP(=O)([O-])OCC[N+](C)(C)C)C(O)/C=C/CCCCCCCCCCCCCCCCCCCCCCCCCCCCC. The van der Waals surface area contributed by atoms with Crippen LogP contribution >= 0.6 is 7.82 Å². The second-order valence-corrected chi connectivity index (χ2v) is 21.7. The molecule has 0 aromatic heterocycles. The molecule has 0 aliphatic heterocycles. The van der Waals surface area contributed by atoms with Crippen LogP contribution in [0.2, 0.25) is 0 Å². The quantitative estimate of drug-likeness (QED) is 0.0272. The molecule has 8 nitrogen and oxygen atoms in total. The summed E-state index contributed by atoms with van der Waals surface area (Å²) in [6, 6.07) is -0.897. The number of carbonyl (C=O) groups is 1. The van der Waals surface area contributed by atoms with Crippen molar-refractivity contribution in [2.45, 2.75) is 270 Å². The van der Waals surface area contributed by atoms with E-state index in [0.29, 0.717) is 17.4 Å². The number of hydrogen-bond donors (Lipinski definition) is 2. The average Bonchev–Trinajstić information content (AvgIpc) is 3.28. The third kappa shape index (κ3) is 50.3. The molecule has 1 amide bonds. The molecule has 0 rings (SSSR count). The number of hydrogen-bond acceptors (Lipinski definition) is 6. The van der Waals surface area contributed by atoms with Crippen molar-refractivity contribution in [1.29, 1.82) is 0 Å². The van der Waals surface area contributed by atoms with E-state index in [2.05, 4.69) is 55.6 Å². The van der Waals surface area contributed by atoms with E-state index in [0.717, 1.165) is 77.0 Å². The van der Waals surface area contributed by atoms with Crippen LogP contribution in [-0.4, -0.2) is 68.5 Å². The van der Waals surface area contributed by atoms with E-state index in [1.165, 1.54) is 161 Å². The molecule has 0 radical (unpaired) electrons. The van der Waals surface area contributed by atoms with Gasteiger partial charge in [-0.15, -0.1) is 0 Å². The number of likely N-dealkylation sites (N-methyl/N-ethyl adjacent to an activating group) is 1. The maximum Gasteiger partial charge on any atom is 0.268 e. The summed E-state index contributed by atoms with van der Waals surface area (Å²) in [6.45, 7) is 4.54. The first-order chi connectivity index (χ1) is 32.0. The predicted octanol–water partition coefficient (Wildman–Crippen LogP) is 16.1. The summed E-state index contributed by atoms with van der Waals surface area (Å²) in [4.78, 5) is 25.4. The highest BCUT2D eigenvalue weighted by atomic mass is 31.2. The zero-order valence-corrected chi connectivity index (χ0v) is 45.0. The largest absolute Gasteiger partial charge is 0.756 e. The number of phosphoric acid groups is 1. The van der Waals surface area contributed by atoms with Crippen LogP contribution in [0.1, 0.15) is 258 Å². The highest BCUT2D eigenvalue weighted by Gasteiger charge is 2.23. The van der Waals surface area contributed by atoms with Gasteiger partial charge < -0.3 is 28.8 Å². The lowest BCUT2D eigenvalue weighted by molar-refractivity contribution is -0.870. The standard InChI is InChI=1S/C57H109N2O6P/c1-6-8-10-12-14-16-18-20-22-23-24-25-26-27-28-29-30-31-32-33-34-35-37-38-40-42-44-46-48-50-56(60)55(54-65-66(62,63)64-53-52-59(3,4)5)58-57(61)51-49-47-45-43-41-39-36-21-19-17-15-13-11-9-7-2/h9,11,15,17,21,36,48,50,55-56,60H,6-8,10,12-14,16,18-20,22-35,37-47,49,51-54H2,1-5H3,(H-,58,61,62,63)/b11-9-,17-15-,36-21-,50-48+. The van der Waals surface area contributed by atoms with E-state index < -0.39 is 20.0 Å². The zero-order valence-electron chi connectivity index (χ0n) is 44.1. The van der Waals surface area contributed by atoms with Gasteiger partial charge in [-0.3, -0.25) is 9.36 Å². The Morgan fingerprint density at radius 2 is 0.924 bits per heavy atom. The molecule has 0 heterocycles. The number of aliphatic hydroxyl groups excluding tert-OH is 1. The minimum atomic E-state index is -4.60. The summed E-state index contributed by atoms with van der Waals surface area (Å²) in [5, 5.41) is 13.9. The predicted molar refractivity (Wildman–Crippen MR) is 284 cm³/mol. The molecule has 2 N–H and O–H groups in total. The Bertz CT molecular complexity index is 1210. The number of rotatable bonds is 51. The maximum atomic E-state index is 12.9. The van der Waals surface area contributed by atoms with Crippen LogP contribution in [0.5, 0.6) is 0 Å². The van der Waals surface area contributed by atoms with Crippen molar-refractivity contribution >= 4 is 13.7 Å². The van der Waals surface area contributed by atoms with E-state index in [4.69, 9.17) is 9.05 Å². The molecule has 0 aliphatic rings. The van der Waals surface area contributed by atoms with Gasteiger partial charge in [0.15, 0.2) is 0 Å². The van der Waals surface area contributed by atoms with E-state index in [1.54, 1.807) is 6.08 Å². The number of allylic oxidation sites excluding steroid dienone is 7. The van der Waals surface area contributed by atoms with Crippen molar-refractivity contribution in [3.63, 3.8) is 0 Å². The molecular formula is C57H109N2O6P. The molecule has 0 aromatic rings. The topological polar surface area (TPSA) is 108 Å². The van der Waals surface area contributed by atoms with Crippen LogP contribution in [0, 0.1) is 0 Å². The van der Waals surface area contributed by atoms with Gasteiger partial charge in [-0.2, -0.15) is 0 Å². The average molecular weight is 949 g/mol. The number of carbonyl (C=O) groups excluding carboxylic acids is 1. The number of nitrogens with one attached hydrogen (secondary N) is 1. The van der Waals surface area contributed by atoms with Gasteiger partial charge in [-0.05, 0) is 51.4 Å². The van der Waals surface area contributed by atoms with Gasteiger partial charge in [0, 0.05) is 6.42 Å². The van der Waals surface area contributed by atoms with Crippen LogP contribution in [0.25, 0.3) is 0 Å². The lowest BCUT2D eigenvalue weighted by Gasteiger charge is -2.29. The summed E-state index contributed by atoms with van der Waals surface area (Å²) >= 11 is 0. The first-order valence-electron chi connectivity index (χ1n) is 28.0. The Kier molecular flexibility index (Phi) is 47.4. The smallest absolute Gasteiger partial charge is 0.268 e. The Morgan fingerprint density at radius 3 is 1.35 bits per heavy atom. The summed E-state index contributed by atoms with van der Waals surface area (Å²) in [7, 11) is 1.25. The third-order valence-electron chi connectivity index (χ3n) is 12.5. The summed E-state index contributed by atoms with van der Waals surface area (Å²) in [5.41, 5.74) is 0. The van der Waals surface area contributed by atoms with Crippen LogP contribution in [-0.2, 0) is 18.4 Å². The molecule has 0 fully saturated rings. The van der Waals surface area contributed by atoms with E-state index >= 15 is 0 Å². The molecule has 3 atom stereocenters. The fourth-order valence-corrected chi connectivity index (χ4v) is 8.89. The van der Waals surface area contributed by atoms with Crippen LogP contribution in [0.4, 0.5) is 0 Å². The molecule has 0 saturated heterocycles. The van der Waals surface area contributed by atoms with Crippen molar-refractivity contribution in [3.05, 3.63) is 48.6 Å². The van der Waals surface area contributed by atoms with Crippen LogP contribution < -0.4 is 10.2 Å². The molecule has 0 aliphatic carbocycles. The van der Waals surface area contributed by atoms with E-state index in [-0.39, 0.29) is 19.1 Å². The molecule has 0 spiro atoms. The van der Waals surface area contributed by atoms with Crippen molar-refractivity contribution in [2.75, 3.05) is 40.9 Å². The fraction of sp³-hybridized carbons (Fsp3) is 0.842. The Labute approximate surface area is 409 Å². The lowest BCUT2D eigenvalue weighted by Crippen LogP contribution is -2.45. The molecule has 3 unspecified atom stereocenters. The first-order valence-corrected chi connectivity index (χ1v) is 29.5. The van der Waals surface area contributed by atoms with Crippen LogP contribution in [0.15, 0.2) is 48.6 Å². The number of phosphoric ester groups is 1. The Hall–Kier alpha value is -1.54. The van der Waals surface area contributed by atoms with Gasteiger partial charge in [0.2, 0.25) is 5.91 Å². The molecular weight excluding hydrogens is 840 g/mol. The molecule has 66 heavy (non-hydrogen) atoms. The Balaban J connectivity index is 4.15. The Morgan fingerprint density at radius 1 is 0.545 bits per heavy atom. The molecule has 9 heteroatoms. The van der Waals surface area contributed by atoms with E-state index in [1.807, 2.05) is 27.2 Å². The maximum absolute atomic E-state index is 12.9. The monoisotopic (exact) mass is 949 g/mol. The number of amides is 1. The fourth-order valence-electron chi connectivity index (χ4n) is 8.17. The molecule has 0 saturated carbocycles. The minimum Gasteiger partial charge on any atom is -0.756 e. The van der Waals surface area contributed by atoms with Crippen LogP contribution in [0.3, 0.4) is 0 Å². The normalized spacial score (nSPS) is 14.3. The first kappa shape index (κ1) is 64.5. The lowest BCUT2D eigenvalue weighted by atomic mass is 10.0. The van der Waals surface area contributed by atoms with Gasteiger partial charge >= 0.3 is 0 Å².